The third-order valence-electron chi connectivity index (χ3n) is 0.997. The Labute approximate surface area is 72.9 Å². The standard InChI is InChI=1S/C7H8BFO2/c1-5-2-6(8(10)11)4-7(9)3-5/h2-4,10-11H,1H3/i1D3,2D,3D,4D. The van der Waals surface area contributed by atoms with E-state index in [2.05, 4.69) is 0 Å². The molecule has 0 amide bonds. The average Bonchev–Trinajstić information content (AvgIpc) is 2.11. The summed E-state index contributed by atoms with van der Waals surface area (Å²) in [5.41, 5.74) is -1.79. The summed E-state index contributed by atoms with van der Waals surface area (Å²) in [6, 6.07) is -3.07. The van der Waals surface area contributed by atoms with Crippen LogP contribution in [0, 0.1) is 12.7 Å². The molecule has 0 saturated carbocycles. The van der Waals surface area contributed by atoms with Gasteiger partial charge in [0.25, 0.3) is 0 Å². The Morgan fingerprint density at radius 1 is 1.55 bits per heavy atom. The summed E-state index contributed by atoms with van der Waals surface area (Å²) in [5, 5.41) is 17.8. The van der Waals surface area contributed by atoms with Crippen molar-refractivity contribution in [3.63, 3.8) is 0 Å². The van der Waals surface area contributed by atoms with Crippen molar-refractivity contribution in [2.45, 2.75) is 6.85 Å². The topological polar surface area (TPSA) is 40.5 Å². The van der Waals surface area contributed by atoms with Crippen LogP contribution in [0.15, 0.2) is 18.1 Å². The minimum absolute atomic E-state index is 0.857. The molecule has 0 aliphatic carbocycles. The molecule has 0 aromatic heterocycles. The van der Waals surface area contributed by atoms with E-state index in [9.17, 15) is 4.39 Å². The van der Waals surface area contributed by atoms with Crippen molar-refractivity contribution in [2.75, 3.05) is 0 Å². The quantitative estimate of drug-likeness (QED) is 0.559. The van der Waals surface area contributed by atoms with E-state index in [0.29, 0.717) is 0 Å². The molecule has 2 nitrogen and oxygen atoms in total. The van der Waals surface area contributed by atoms with Crippen LogP contribution in [0.4, 0.5) is 4.39 Å². The third-order valence-corrected chi connectivity index (χ3v) is 0.997. The van der Waals surface area contributed by atoms with Gasteiger partial charge in [-0.3, -0.25) is 0 Å². The zero-order valence-corrected chi connectivity index (χ0v) is 5.35. The molecule has 0 heterocycles. The molecule has 1 aromatic rings. The second-order valence-corrected chi connectivity index (χ2v) is 1.85. The van der Waals surface area contributed by atoms with Crippen LogP contribution in [0.3, 0.4) is 0 Å². The van der Waals surface area contributed by atoms with Gasteiger partial charge in [0.05, 0.1) is 4.11 Å². The highest BCUT2D eigenvalue weighted by Gasteiger charge is 2.11. The number of hydrogen-bond acceptors (Lipinski definition) is 2. The van der Waals surface area contributed by atoms with Gasteiger partial charge in [0, 0.05) is 4.11 Å². The Morgan fingerprint density at radius 2 is 2.27 bits per heavy atom. The molecule has 0 aliphatic rings. The molecule has 4 heteroatoms. The predicted molar refractivity (Wildman–Crippen MR) is 41.0 cm³/mol. The van der Waals surface area contributed by atoms with Crippen molar-refractivity contribution in [1.82, 2.24) is 0 Å². The predicted octanol–water partition coefficient (Wildman–Crippen LogP) is -0.186. The van der Waals surface area contributed by atoms with Gasteiger partial charge in [-0.15, -0.1) is 0 Å². The second kappa shape index (κ2) is 3.03. The number of hydrogen-bond donors (Lipinski definition) is 2. The van der Waals surface area contributed by atoms with Gasteiger partial charge >= 0.3 is 7.12 Å². The van der Waals surface area contributed by atoms with Crippen LogP contribution in [-0.4, -0.2) is 17.2 Å². The van der Waals surface area contributed by atoms with E-state index >= 15 is 0 Å². The first-order chi connectivity index (χ1) is 7.59. The van der Waals surface area contributed by atoms with E-state index < -0.39 is 48.9 Å². The van der Waals surface area contributed by atoms with E-state index in [1.807, 2.05) is 0 Å². The van der Waals surface area contributed by atoms with Gasteiger partial charge < -0.3 is 10.0 Å². The first kappa shape index (κ1) is 3.25. The van der Waals surface area contributed by atoms with E-state index in [1.54, 1.807) is 0 Å². The Morgan fingerprint density at radius 3 is 2.82 bits per heavy atom. The van der Waals surface area contributed by atoms with Gasteiger partial charge in [0.1, 0.15) is 5.82 Å². The summed E-state index contributed by atoms with van der Waals surface area (Å²) in [5.74, 6) is -1.49. The molecular formula is C7H8BFO2. The molecule has 0 saturated heterocycles. The second-order valence-electron chi connectivity index (χ2n) is 1.85. The fourth-order valence-electron chi connectivity index (χ4n) is 0.585. The molecule has 0 spiro atoms. The summed E-state index contributed by atoms with van der Waals surface area (Å²) >= 11 is 0. The van der Waals surface area contributed by atoms with Crippen LogP contribution in [-0.2, 0) is 0 Å². The van der Waals surface area contributed by atoms with Crippen LogP contribution in [0.1, 0.15) is 13.8 Å². The average molecular weight is 160 g/mol. The Hall–Kier alpha value is -0.865. The Kier molecular flexibility index (Phi) is 0.894. The van der Waals surface area contributed by atoms with E-state index in [1.165, 1.54) is 0 Å². The lowest BCUT2D eigenvalue weighted by atomic mass is 9.80. The molecule has 0 aliphatic heterocycles. The molecule has 58 valence electrons. The van der Waals surface area contributed by atoms with E-state index in [-0.39, 0.29) is 0 Å². The lowest BCUT2D eigenvalue weighted by Gasteiger charge is -2.00. The lowest BCUT2D eigenvalue weighted by Crippen LogP contribution is -2.30. The summed E-state index contributed by atoms with van der Waals surface area (Å²) in [4.78, 5) is 0. The highest BCUT2D eigenvalue weighted by atomic mass is 19.1. The zero-order chi connectivity index (χ0) is 13.5. The highest BCUT2D eigenvalue weighted by Crippen LogP contribution is 1.99. The third kappa shape index (κ3) is 2.03. The van der Waals surface area contributed by atoms with Crippen molar-refractivity contribution in [3.8, 4) is 0 Å². The van der Waals surface area contributed by atoms with Crippen LogP contribution >= 0.6 is 0 Å². The van der Waals surface area contributed by atoms with Gasteiger partial charge in [-0.25, -0.2) is 4.39 Å². The monoisotopic (exact) mass is 160 g/mol. The first-order valence-corrected chi connectivity index (χ1v) is 2.74. The van der Waals surface area contributed by atoms with Crippen LogP contribution < -0.4 is 5.46 Å². The maximum atomic E-state index is 13.4. The summed E-state index contributed by atoms with van der Waals surface area (Å²) in [6.07, 6.45) is 0. The van der Waals surface area contributed by atoms with Gasteiger partial charge in [0.2, 0.25) is 0 Å². The molecule has 0 fully saturated rings. The van der Waals surface area contributed by atoms with Crippen molar-refractivity contribution in [1.29, 1.82) is 0 Å². The maximum absolute atomic E-state index is 13.4. The van der Waals surface area contributed by atoms with Crippen molar-refractivity contribution in [3.05, 3.63) is 29.5 Å². The molecule has 0 atom stereocenters. The summed E-state index contributed by atoms with van der Waals surface area (Å²) in [7, 11) is -2.34. The van der Waals surface area contributed by atoms with Gasteiger partial charge in [-0.2, -0.15) is 0 Å². The minimum atomic E-state index is -2.94. The fraction of sp³-hybridized carbons (Fsp3) is 0.143. The minimum Gasteiger partial charge on any atom is -0.423 e. The smallest absolute Gasteiger partial charge is 0.423 e. The van der Waals surface area contributed by atoms with E-state index in [0.717, 1.165) is 0 Å². The SMILES string of the molecule is [2H]c1c(F)c([2H])c(C([2H])([2H])[2H])c([2H])c1B(O)O. The Bertz CT molecular complexity index is 461. The largest absolute Gasteiger partial charge is 0.488 e. The maximum Gasteiger partial charge on any atom is 0.488 e. The van der Waals surface area contributed by atoms with E-state index in [4.69, 9.17) is 18.3 Å². The Balaban J connectivity index is 3.75. The normalized spacial score (nSPS) is 18.8. The molecule has 1 aromatic carbocycles. The zero-order valence-electron chi connectivity index (χ0n) is 11.3. The molecule has 0 unspecified atom stereocenters. The molecule has 11 heavy (non-hydrogen) atoms. The van der Waals surface area contributed by atoms with Crippen molar-refractivity contribution < 1.29 is 22.7 Å². The van der Waals surface area contributed by atoms with Crippen LogP contribution in [0.5, 0.6) is 0 Å². The van der Waals surface area contributed by atoms with Gasteiger partial charge in [-0.1, -0.05) is 6.04 Å². The van der Waals surface area contributed by atoms with Crippen LogP contribution in [0.25, 0.3) is 0 Å². The van der Waals surface area contributed by atoms with Crippen molar-refractivity contribution >= 4 is 12.6 Å². The van der Waals surface area contributed by atoms with Crippen molar-refractivity contribution in [2.24, 2.45) is 0 Å². The summed E-state index contributed by atoms with van der Waals surface area (Å²) in [6.45, 7) is -2.94. The molecule has 0 radical (unpaired) electrons. The summed E-state index contributed by atoms with van der Waals surface area (Å²) < 4.78 is 56.4. The number of rotatable bonds is 1. The number of benzene rings is 1. The molecule has 2 N–H and O–H groups in total. The van der Waals surface area contributed by atoms with Gasteiger partial charge in [0.15, 0.2) is 0 Å². The number of halogens is 1. The van der Waals surface area contributed by atoms with Crippen LogP contribution in [0.2, 0.25) is 0 Å². The highest BCUT2D eigenvalue weighted by molar-refractivity contribution is 6.58. The fourth-order valence-corrected chi connectivity index (χ4v) is 0.585. The lowest BCUT2D eigenvalue weighted by molar-refractivity contribution is 0.425. The first-order valence-electron chi connectivity index (χ1n) is 5.74. The molecule has 1 rings (SSSR count). The van der Waals surface area contributed by atoms with Gasteiger partial charge in [-0.05, 0) is 30.0 Å². The molecular weight excluding hydrogens is 146 g/mol. The molecule has 0 bridgehead atoms.